The Kier molecular flexibility index (Phi) is 6.35. The maximum Gasteiger partial charge on any atom is 0.305 e. The van der Waals surface area contributed by atoms with Gasteiger partial charge in [-0.25, -0.2) is 5.43 Å². The first-order chi connectivity index (χ1) is 15.9. The Balaban J connectivity index is 1.47. The number of amides is 3. The summed E-state index contributed by atoms with van der Waals surface area (Å²) in [6, 6.07) is 15.8. The lowest BCUT2D eigenvalue weighted by Crippen LogP contribution is -2.41. The lowest BCUT2D eigenvalue weighted by molar-refractivity contribution is 0.0829. The number of hydrogen-bond acceptors (Lipinski definition) is 5. The molecule has 2 aromatic carbocycles. The number of nitrogens with one attached hydrogen (secondary N) is 3. The van der Waals surface area contributed by atoms with Gasteiger partial charge in [0.1, 0.15) is 5.76 Å². The van der Waals surface area contributed by atoms with E-state index >= 15 is 0 Å². The smallest absolute Gasteiger partial charge is 0.305 e. The first kappa shape index (κ1) is 22.0. The van der Waals surface area contributed by atoms with Gasteiger partial charge in [0.2, 0.25) is 0 Å². The van der Waals surface area contributed by atoms with Gasteiger partial charge in [-0.2, -0.15) is 5.10 Å². The number of nitrogens with zero attached hydrogens (tertiary/aromatic N) is 1. The van der Waals surface area contributed by atoms with Gasteiger partial charge in [-0.1, -0.05) is 35.9 Å². The molecular weight excluding hydrogens is 420 g/mol. The third-order valence-corrected chi connectivity index (χ3v) is 5.46. The Hall–Kier alpha value is -4.20. The van der Waals surface area contributed by atoms with Crippen LogP contribution in [0, 0.1) is 13.8 Å². The molecule has 3 aromatic rings. The summed E-state index contributed by atoms with van der Waals surface area (Å²) in [6.45, 7) is 3.69. The van der Waals surface area contributed by atoms with Crippen LogP contribution in [0.4, 0.5) is 0 Å². The summed E-state index contributed by atoms with van der Waals surface area (Å²) in [5, 5.41) is 4.31. The van der Waals surface area contributed by atoms with E-state index in [1.165, 1.54) is 0 Å². The molecule has 0 atom stereocenters. The fourth-order valence-electron chi connectivity index (χ4n) is 3.72. The molecule has 0 spiro atoms. The highest BCUT2D eigenvalue weighted by Gasteiger charge is 2.28. The van der Waals surface area contributed by atoms with E-state index in [4.69, 9.17) is 4.42 Å². The van der Waals surface area contributed by atoms with Crippen LogP contribution >= 0.6 is 0 Å². The van der Waals surface area contributed by atoms with Gasteiger partial charge in [-0.3, -0.25) is 25.2 Å². The molecule has 1 aromatic heterocycles. The van der Waals surface area contributed by atoms with E-state index < -0.39 is 11.8 Å². The van der Waals surface area contributed by atoms with Crippen molar-refractivity contribution >= 4 is 23.4 Å². The van der Waals surface area contributed by atoms with E-state index in [9.17, 15) is 14.4 Å². The zero-order valence-corrected chi connectivity index (χ0v) is 18.4. The monoisotopic (exact) mass is 444 g/mol. The van der Waals surface area contributed by atoms with Crippen LogP contribution < -0.4 is 16.3 Å². The molecule has 0 saturated carbocycles. The summed E-state index contributed by atoms with van der Waals surface area (Å²) >= 11 is 0. The molecule has 4 rings (SSSR count). The largest absolute Gasteiger partial charge is 0.455 e. The van der Waals surface area contributed by atoms with Gasteiger partial charge >= 0.3 is 5.91 Å². The van der Waals surface area contributed by atoms with Crippen molar-refractivity contribution in [3.05, 3.63) is 93.9 Å². The van der Waals surface area contributed by atoms with Crippen LogP contribution in [0.3, 0.4) is 0 Å². The Labute approximate surface area is 191 Å². The number of hydrazine groups is 1. The fraction of sp³-hybridized carbons (Fsp3) is 0.200. The number of benzene rings is 2. The topological polar surface area (TPSA) is 113 Å². The highest BCUT2D eigenvalue weighted by atomic mass is 16.4. The van der Waals surface area contributed by atoms with Crippen molar-refractivity contribution < 1.29 is 18.8 Å². The number of carbonyl (C=O) groups excluding carboxylic acids is 3. The number of rotatable bonds is 4. The Morgan fingerprint density at radius 1 is 0.818 bits per heavy atom. The Bertz CT molecular complexity index is 1230. The van der Waals surface area contributed by atoms with Gasteiger partial charge in [0.05, 0.1) is 5.71 Å². The van der Waals surface area contributed by atoms with Crippen LogP contribution in [0.5, 0.6) is 0 Å². The minimum atomic E-state index is -0.560. The Morgan fingerprint density at radius 3 is 2.21 bits per heavy atom. The predicted octanol–water partition coefficient (Wildman–Crippen LogP) is 3.44. The van der Waals surface area contributed by atoms with E-state index in [1.807, 2.05) is 25.1 Å². The second kappa shape index (κ2) is 9.52. The van der Waals surface area contributed by atoms with Crippen LogP contribution in [0.1, 0.15) is 66.6 Å². The maximum atomic E-state index is 12.7. The van der Waals surface area contributed by atoms with Crippen molar-refractivity contribution in [3.8, 4) is 0 Å². The molecule has 3 amide bonds. The quantitative estimate of drug-likeness (QED) is 0.535. The van der Waals surface area contributed by atoms with Crippen molar-refractivity contribution in [1.82, 2.24) is 16.3 Å². The summed E-state index contributed by atoms with van der Waals surface area (Å²) in [6.07, 6.45) is 2.09. The number of aryl methyl sites for hydroxylation is 2. The Morgan fingerprint density at radius 2 is 1.48 bits per heavy atom. The van der Waals surface area contributed by atoms with E-state index in [0.29, 0.717) is 41.0 Å². The SMILES string of the molecule is Cc1ccc(C(=O)NNC(=O)c2oc3c(c2C)/C(=N/NC(=O)c2ccccc2)CCC3)cc1. The van der Waals surface area contributed by atoms with E-state index in [-0.39, 0.29) is 11.7 Å². The zero-order valence-electron chi connectivity index (χ0n) is 18.4. The summed E-state index contributed by atoms with van der Waals surface area (Å²) in [7, 11) is 0. The first-order valence-corrected chi connectivity index (χ1v) is 10.7. The third kappa shape index (κ3) is 4.85. The molecule has 0 radical (unpaired) electrons. The van der Waals surface area contributed by atoms with E-state index in [0.717, 1.165) is 17.5 Å². The van der Waals surface area contributed by atoms with Crippen LogP contribution in [0.25, 0.3) is 0 Å². The van der Waals surface area contributed by atoms with E-state index in [1.54, 1.807) is 43.3 Å². The van der Waals surface area contributed by atoms with Gasteiger partial charge < -0.3 is 4.42 Å². The van der Waals surface area contributed by atoms with Crippen LogP contribution in [0.15, 0.2) is 64.1 Å². The molecule has 33 heavy (non-hydrogen) atoms. The summed E-state index contributed by atoms with van der Waals surface area (Å²) in [5.74, 6) is -0.555. The lowest BCUT2D eigenvalue weighted by Gasteiger charge is -2.13. The van der Waals surface area contributed by atoms with Crippen molar-refractivity contribution in [2.75, 3.05) is 0 Å². The number of hydrazone groups is 1. The third-order valence-electron chi connectivity index (χ3n) is 5.46. The van der Waals surface area contributed by atoms with Gasteiger partial charge in [0.15, 0.2) is 5.76 Å². The number of fused-ring (bicyclic) bond motifs is 1. The second-order valence-electron chi connectivity index (χ2n) is 7.85. The molecule has 0 bridgehead atoms. The summed E-state index contributed by atoms with van der Waals surface area (Å²) in [4.78, 5) is 37.3. The van der Waals surface area contributed by atoms with Gasteiger partial charge in [0, 0.05) is 28.7 Å². The van der Waals surface area contributed by atoms with Crippen molar-refractivity contribution in [2.24, 2.45) is 5.10 Å². The van der Waals surface area contributed by atoms with Crippen molar-refractivity contribution in [3.63, 3.8) is 0 Å². The zero-order chi connectivity index (χ0) is 23.4. The number of furan rings is 1. The van der Waals surface area contributed by atoms with Gasteiger partial charge in [-0.05, 0) is 51.0 Å². The number of hydrogen-bond donors (Lipinski definition) is 3. The fourth-order valence-corrected chi connectivity index (χ4v) is 3.72. The van der Waals surface area contributed by atoms with Gasteiger partial charge in [0.25, 0.3) is 11.8 Å². The molecule has 0 fully saturated rings. The van der Waals surface area contributed by atoms with E-state index in [2.05, 4.69) is 21.4 Å². The van der Waals surface area contributed by atoms with Crippen molar-refractivity contribution in [1.29, 1.82) is 0 Å². The molecule has 0 saturated heterocycles. The lowest BCUT2D eigenvalue weighted by atomic mass is 9.93. The van der Waals surface area contributed by atoms with Crippen molar-refractivity contribution in [2.45, 2.75) is 33.1 Å². The predicted molar refractivity (Wildman–Crippen MR) is 123 cm³/mol. The second-order valence-corrected chi connectivity index (χ2v) is 7.85. The average molecular weight is 444 g/mol. The normalized spacial score (nSPS) is 13.8. The van der Waals surface area contributed by atoms with Crippen LogP contribution in [-0.4, -0.2) is 23.4 Å². The highest BCUT2D eigenvalue weighted by Crippen LogP contribution is 2.29. The highest BCUT2D eigenvalue weighted by molar-refractivity contribution is 6.07. The molecule has 0 aliphatic heterocycles. The number of carbonyl (C=O) groups is 3. The van der Waals surface area contributed by atoms with Crippen LogP contribution in [-0.2, 0) is 6.42 Å². The average Bonchev–Trinajstić information content (AvgIpc) is 3.19. The van der Waals surface area contributed by atoms with Gasteiger partial charge in [-0.15, -0.1) is 0 Å². The van der Waals surface area contributed by atoms with Crippen LogP contribution in [0.2, 0.25) is 0 Å². The molecule has 0 unspecified atom stereocenters. The molecule has 8 heteroatoms. The molecule has 1 aliphatic rings. The minimum absolute atomic E-state index is 0.105. The summed E-state index contributed by atoms with van der Waals surface area (Å²) in [5.41, 5.74) is 11.4. The summed E-state index contributed by atoms with van der Waals surface area (Å²) < 4.78 is 5.82. The minimum Gasteiger partial charge on any atom is -0.455 e. The first-order valence-electron chi connectivity index (χ1n) is 10.7. The molecule has 1 aliphatic carbocycles. The molecular formula is C25H24N4O4. The standard InChI is InChI=1S/C25H24N4O4/c1-15-11-13-18(14-12-15)24(31)28-29-25(32)22-16(2)21-19(9-6-10-20(21)33-22)26-27-23(30)17-7-4-3-5-8-17/h3-5,7-8,11-14H,6,9-10H2,1-2H3,(H,27,30)(H,28,31)(H,29,32)/b26-19+. The molecule has 168 valence electrons. The molecule has 1 heterocycles. The molecule has 3 N–H and O–H groups in total. The maximum absolute atomic E-state index is 12.7. The molecule has 8 nitrogen and oxygen atoms in total.